The molecule has 1 amide bonds. The first-order valence-corrected chi connectivity index (χ1v) is 6.98. The number of carboxylic acid groups (broad SMARTS) is 1. The van der Waals surface area contributed by atoms with Gasteiger partial charge in [0.05, 0.1) is 17.7 Å². The fraction of sp³-hybridized carbons (Fsp3) is 0.312. The molecule has 116 valence electrons. The number of hydrogen-bond donors (Lipinski definition) is 2. The van der Waals surface area contributed by atoms with E-state index in [1.54, 1.807) is 32.0 Å². The van der Waals surface area contributed by atoms with Gasteiger partial charge in [-0.05, 0) is 38.0 Å². The topological polar surface area (TPSA) is 92.4 Å². The zero-order chi connectivity index (χ0) is 16.1. The Hall–Kier alpha value is -2.63. The summed E-state index contributed by atoms with van der Waals surface area (Å²) < 4.78 is 5.02. The molecule has 6 nitrogen and oxygen atoms in total. The first-order valence-electron chi connectivity index (χ1n) is 6.98. The summed E-state index contributed by atoms with van der Waals surface area (Å²) in [7, 11) is 0. The maximum absolute atomic E-state index is 11.9. The first kappa shape index (κ1) is 15.8. The molecule has 1 aromatic carbocycles. The van der Waals surface area contributed by atoms with Crippen molar-refractivity contribution in [2.24, 2.45) is 0 Å². The molecule has 0 spiro atoms. The maximum atomic E-state index is 11.9. The van der Waals surface area contributed by atoms with Crippen molar-refractivity contribution in [3.05, 3.63) is 52.4 Å². The first-order chi connectivity index (χ1) is 10.5. The highest BCUT2D eigenvalue weighted by Gasteiger charge is 2.13. The molecule has 1 aromatic heterocycles. The molecule has 0 aliphatic heterocycles. The number of carboxylic acids is 1. The number of aromatic carboxylic acids is 1. The predicted molar refractivity (Wildman–Crippen MR) is 79.8 cm³/mol. The average molecular weight is 302 g/mol. The van der Waals surface area contributed by atoms with Crippen molar-refractivity contribution in [1.82, 2.24) is 10.5 Å². The second-order valence-electron chi connectivity index (χ2n) is 5.08. The Morgan fingerprint density at radius 1 is 1.32 bits per heavy atom. The van der Waals surface area contributed by atoms with Crippen molar-refractivity contribution in [2.75, 3.05) is 6.54 Å². The molecule has 2 rings (SSSR count). The number of rotatable bonds is 6. The summed E-state index contributed by atoms with van der Waals surface area (Å²) in [6.45, 7) is 4.03. The van der Waals surface area contributed by atoms with Crippen LogP contribution in [-0.2, 0) is 17.6 Å². The third-order valence-corrected chi connectivity index (χ3v) is 3.43. The van der Waals surface area contributed by atoms with E-state index in [4.69, 9.17) is 9.63 Å². The van der Waals surface area contributed by atoms with Crippen molar-refractivity contribution in [2.45, 2.75) is 26.7 Å². The lowest BCUT2D eigenvalue weighted by atomic mass is 10.1. The standard InChI is InChI=1S/C16H18N2O4/c1-10-14(11(2)22-18-10)9-15(19)17-7-6-12-4-3-5-13(8-12)16(20)21/h3-5,8H,6-7,9H2,1-2H3,(H,17,19)(H,20,21). The van der Waals surface area contributed by atoms with Crippen LogP contribution in [0.2, 0.25) is 0 Å². The van der Waals surface area contributed by atoms with Crippen LogP contribution in [0, 0.1) is 13.8 Å². The fourth-order valence-electron chi connectivity index (χ4n) is 2.18. The van der Waals surface area contributed by atoms with E-state index in [-0.39, 0.29) is 17.9 Å². The van der Waals surface area contributed by atoms with E-state index in [2.05, 4.69) is 10.5 Å². The molecule has 0 aliphatic carbocycles. The van der Waals surface area contributed by atoms with Crippen LogP contribution < -0.4 is 5.32 Å². The normalized spacial score (nSPS) is 10.5. The molecule has 22 heavy (non-hydrogen) atoms. The molecular weight excluding hydrogens is 284 g/mol. The number of amides is 1. The smallest absolute Gasteiger partial charge is 0.335 e. The summed E-state index contributed by atoms with van der Waals surface area (Å²) in [5, 5.41) is 15.6. The molecule has 0 aliphatic rings. The molecule has 0 bridgehead atoms. The van der Waals surface area contributed by atoms with Crippen LogP contribution in [0.15, 0.2) is 28.8 Å². The predicted octanol–water partition coefficient (Wildman–Crippen LogP) is 1.89. The Labute approximate surface area is 128 Å². The number of carbonyl (C=O) groups is 2. The molecule has 0 radical (unpaired) electrons. The highest BCUT2D eigenvalue weighted by Crippen LogP contribution is 2.12. The van der Waals surface area contributed by atoms with Crippen molar-refractivity contribution in [3.8, 4) is 0 Å². The zero-order valence-electron chi connectivity index (χ0n) is 12.5. The fourth-order valence-corrected chi connectivity index (χ4v) is 2.18. The number of nitrogens with zero attached hydrogens (tertiary/aromatic N) is 1. The Morgan fingerprint density at radius 2 is 2.09 bits per heavy atom. The van der Waals surface area contributed by atoms with Gasteiger partial charge in [0.15, 0.2) is 0 Å². The quantitative estimate of drug-likeness (QED) is 0.850. The largest absolute Gasteiger partial charge is 0.478 e. The van der Waals surface area contributed by atoms with Crippen LogP contribution in [0.4, 0.5) is 0 Å². The summed E-state index contributed by atoms with van der Waals surface area (Å²) in [4.78, 5) is 22.8. The van der Waals surface area contributed by atoms with Gasteiger partial charge in [0, 0.05) is 12.1 Å². The van der Waals surface area contributed by atoms with Gasteiger partial charge in [0.1, 0.15) is 5.76 Å². The van der Waals surface area contributed by atoms with Gasteiger partial charge < -0.3 is 14.9 Å². The summed E-state index contributed by atoms with van der Waals surface area (Å²) in [5.41, 5.74) is 2.66. The van der Waals surface area contributed by atoms with Gasteiger partial charge in [-0.15, -0.1) is 0 Å². The highest BCUT2D eigenvalue weighted by atomic mass is 16.5. The Bertz CT molecular complexity index is 672. The average Bonchev–Trinajstić information content (AvgIpc) is 2.79. The lowest BCUT2D eigenvalue weighted by molar-refractivity contribution is -0.120. The van der Waals surface area contributed by atoms with E-state index in [1.165, 1.54) is 0 Å². The number of aryl methyl sites for hydroxylation is 2. The van der Waals surface area contributed by atoms with E-state index < -0.39 is 5.97 Å². The number of aromatic nitrogens is 1. The van der Waals surface area contributed by atoms with Crippen LogP contribution in [-0.4, -0.2) is 28.7 Å². The number of carbonyl (C=O) groups excluding carboxylic acids is 1. The molecular formula is C16H18N2O4. The highest BCUT2D eigenvalue weighted by molar-refractivity contribution is 5.87. The van der Waals surface area contributed by atoms with E-state index >= 15 is 0 Å². The van der Waals surface area contributed by atoms with Gasteiger partial charge in [-0.1, -0.05) is 17.3 Å². The van der Waals surface area contributed by atoms with Crippen LogP contribution in [0.1, 0.15) is 32.9 Å². The zero-order valence-corrected chi connectivity index (χ0v) is 12.5. The summed E-state index contributed by atoms with van der Waals surface area (Å²) in [6, 6.07) is 6.70. The molecule has 0 unspecified atom stereocenters. The summed E-state index contributed by atoms with van der Waals surface area (Å²) >= 11 is 0. The SMILES string of the molecule is Cc1noc(C)c1CC(=O)NCCc1cccc(C(=O)O)c1. The van der Waals surface area contributed by atoms with E-state index in [0.717, 1.165) is 16.8 Å². The van der Waals surface area contributed by atoms with Crippen molar-refractivity contribution >= 4 is 11.9 Å². The van der Waals surface area contributed by atoms with Gasteiger partial charge in [0.25, 0.3) is 0 Å². The minimum atomic E-state index is -0.954. The molecule has 6 heteroatoms. The van der Waals surface area contributed by atoms with Crippen LogP contribution in [0.3, 0.4) is 0 Å². The summed E-state index contributed by atoms with van der Waals surface area (Å²) in [5.74, 6) is -0.408. The third-order valence-electron chi connectivity index (χ3n) is 3.43. The van der Waals surface area contributed by atoms with E-state index in [1.807, 2.05) is 6.07 Å². The van der Waals surface area contributed by atoms with Crippen molar-refractivity contribution in [1.29, 1.82) is 0 Å². The summed E-state index contributed by atoms with van der Waals surface area (Å²) in [6.07, 6.45) is 0.810. The number of hydrogen-bond acceptors (Lipinski definition) is 4. The molecule has 2 aromatic rings. The van der Waals surface area contributed by atoms with Crippen LogP contribution in [0.25, 0.3) is 0 Å². The lowest BCUT2D eigenvalue weighted by Crippen LogP contribution is -2.27. The molecule has 2 N–H and O–H groups in total. The molecule has 0 saturated heterocycles. The third kappa shape index (κ3) is 3.94. The minimum Gasteiger partial charge on any atom is -0.478 e. The van der Waals surface area contributed by atoms with Crippen LogP contribution in [0.5, 0.6) is 0 Å². The van der Waals surface area contributed by atoms with Gasteiger partial charge >= 0.3 is 5.97 Å². The Kier molecular flexibility index (Phi) is 4.93. The second-order valence-corrected chi connectivity index (χ2v) is 5.08. The Morgan fingerprint density at radius 3 is 2.73 bits per heavy atom. The van der Waals surface area contributed by atoms with Gasteiger partial charge in [-0.2, -0.15) is 0 Å². The number of benzene rings is 1. The van der Waals surface area contributed by atoms with Gasteiger partial charge in [-0.25, -0.2) is 4.79 Å². The molecule has 0 saturated carbocycles. The van der Waals surface area contributed by atoms with E-state index in [9.17, 15) is 9.59 Å². The lowest BCUT2D eigenvalue weighted by Gasteiger charge is -2.06. The van der Waals surface area contributed by atoms with Crippen molar-refractivity contribution < 1.29 is 19.2 Å². The molecule has 0 atom stereocenters. The second kappa shape index (κ2) is 6.89. The molecule has 0 fully saturated rings. The van der Waals surface area contributed by atoms with E-state index in [0.29, 0.717) is 18.7 Å². The Balaban J connectivity index is 1.85. The minimum absolute atomic E-state index is 0.108. The monoisotopic (exact) mass is 302 g/mol. The number of nitrogens with one attached hydrogen (secondary N) is 1. The van der Waals surface area contributed by atoms with Gasteiger partial charge in [-0.3, -0.25) is 4.79 Å². The van der Waals surface area contributed by atoms with Gasteiger partial charge in [0.2, 0.25) is 5.91 Å². The van der Waals surface area contributed by atoms with Crippen molar-refractivity contribution in [3.63, 3.8) is 0 Å². The van der Waals surface area contributed by atoms with Crippen LogP contribution >= 0.6 is 0 Å². The molecule has 1 heterocycles. The maximum Gasteiger partial charge on any atom is 0.335 e.